The second-order valence-electron chi connectivity index (χ2n) is 6.95. The Morgan fingerprint density at radius 3 is 2.86 bits per heavy atom. The van der Waals surface area contributed by atoms with Crippen molar-refractivity contribution in [3.05, 3.63) is 53.5 Å². The lowest BCUT2D eigenvalue weighted by molar-refractivity contribution is 0.102. The summed E-state index contributed by atoms with van der Waals surface area (Å²) in [7, 11) is 0. The zero-order valence-electron chi connectivity index (χ0n) is 16.0. The largest absolute Gasteiger partial charge is 0.486 e. The normalized spacial score (nSPS) is 12.9. The summed E-state index contributed by atoms with van der Waals surface area (Å²) in [5, 5.41) is 10.6. The molecule has 8 heteroatoms. The van der Waals surface area contributed by atoms with E-state index in [0.29, 0.717) is 24.6 Å². The first-order valence-corrected chi connectivity index (χ1v) is 9.31. The summed E-state index contributed by atoms with van der Waals surface area (Å²) in [6.07, 6.45) is 1.62. The molecule has 3 N–H and O–H groups in total. The molecule has 3 aromatic heterocycles. The summed E-state index contributed by atoms with van der Waals surface area (Å²) >= 11 is 0. The minimum absolute atomic E-state index is 0.272. The molecular formula is C21H19N5O3. The van der Waals surface area contributed by atoms with E-state index in [1.54, 1.807) is 6.20 Å². The van der Waals surface area contributed by atoms with Crippen molar-refractivity contribution in [1.29, 1.82) is 0 Å². The zero-order chi connectivity index (χ0) is 20.0. The molecule has 0 radical (unpaired) electrons. The second kappa shape index (κ2) is 6.66. The van der Waals surface area contributed by atoms with Gasteiger partial charge in [-0.05, 0) is 38.1 Å². The van der Waals surface area contributed by atoms with Crippen LogP contribution < -0.4 is 14.8 Å². The van der Waals surface area contributed by atoms with Crippen molar-refractivity contribution in [3.8, 4) is 22.8 Å². The van der Waals surface area contributed by atoms with Gasteiger partial charge in [0.25, 0.3) is 5.91 Å². The number of hydrogen-bond acceptors (Lipinski definition) is 5. The SMILES string of the molecule is Cc1[nH]nc(C(=O)Nc2cnc3[nH]c(-c4cccc5c4OCCO5)cc3c2)c1C. The third-order valence-electron chi connectivity index (χ3n) is 5.05. The van der Waals surface area contributed by atoms with Gasteiger partial charge in [0.1, 0.15) is 18.9 Å². The van der Waals surface area contributed by atoms with Gasteiger partial charge >= 0.3 is 0 Å². The number of fused-ring (bicyclic) bond motifs is 2. The number of nitrogens with zero attached hydrogens (tertiary/aromatic N) is 2. The molecule has 0 atom stereocenters. The number of hydrogen-bond donors (Lipinski definition) is 3. The van der Waals surface area contributed by atoms with Crippen LogP contribution in [0.4, 0.5) is 5.69 Å². The van der Waals surface area contributed by atoms with E-state index in [2.05, 4.69) is 25.5 Å². The third kappa shape index (κ3) is 2.98. The number of H-pyrrole nitrogens is 2. The number of rotatable bonds is 3. The molecule has 1 amide bonds. The number of ether oxygens (including phenoxy) is 2. The number of nitrogens with one attached hydrogen (secondary N) is 3. The van der Waals surface area contributed by atoms with Crippen LogP contribution >= 0.6 is 0 Å². The van der Waals surface area contributed by atoms with Crippen LogP contribution in [0, 0.1) is 13.8 Å². The van der Waals surface area contributed by atoms with E-state index in [4.69, 9.17) is 9.47 Å². The molecule has 146 valence electrons. The number of aromatic amines is 2. The Morgan fingerprint density at radius 1 is 1.17 bits per heavy atom. The molecule has 0 spiro atoms. The number of aryl methyl sites for hydroxylation is 1. The lowest BCUT2D eigenvalue weighted by Gasteiger charge is -2.20. The summed E-state index contributed by atoms with van der Waals surface area (Å²) < 4.78 is 11.5. The van der Waals surface area contributed by atoms with Crippen molar-refractivity contribution in [3.63, 3.8) is 0 Å². The van der Waals surface area contributed by atoms with Crippen LogP contribution in [-0.2, 0) is 0 Å². The summed E-state index contributed by atoms with van der Waals surface area (Å²) in [5.74, 6) is 1.19. The van der Waals surface area contributed by atoms with Crippen LogP contribution in [0.5, 0.6) is 11.5 Å². The minimum atomic E-state index is -0.272. The standard InChI is InChI=1S/C21H19N5O3/c1-11-12(2)25-26-18(11)21(27)23-14-8-13-9-16(24-20(13)22-10-14)15-4-3-5-17-19(15)29-7-6-28-17/h3-5,8-10H,6-7H2,1-2H3,(H,22,24)(H,23,27)(H,25,26). The van der Waals surface area contributed by atoms with Crippen LogP contribution in [0.1, 0.15) is 21.7 Å². The molecule has 1 aliphatic rings. The van der Waals surface area contributed by atoms with E-state index in [-0.39, 0.29) is 5.91 Å². The van der Waals surface area contributed by atoms with Crippen LogP contribution in [0.15, 0.2) is 36.5 Å². The van der Waals surface area contributed by atoms with Gasteiger partial charge in [0.05, 0.1) is 17.6 Å². The number of benzene rings is 1. The van der Waals surface area contributed by atoms with Crippen molar-refractivity contribution in [2.75, 3.05) is 18.5 Å². The molecule has 4 aromatic rings. The molecule has 5 rings (SSSR count). The fourth-order valence-electron chi connectivity index (χ4n) is 3.41. The highest BCUT2D eigenvalue weighted by molar-refractivity contribution is 6.04. The van der Waals surface area contributed by atoms with Gasteiger partial charge in [-0.2, -0.15) is 5.10 Å². The predicted octanol–water partition coefficient (Wildman–Crippen LogP) is 3.59. The van der Waals surface area contributed by atoms with Crippen LogP contribution in [0.2, 0.25) is 0 Å². The molecule has 0 saturated carbocycles. The molecule has 0 unspecified atom stereocenters. The van der Waals surface area contributed by atoms with Crippen LogP contribution in [-0.4, -0.2) is 39.3 Å². The molecule has 0 bridgehead atoms. The van der Waals surface area contributed by atoms with Gasteiger partial charge in [-0.3, -0.25) is 9.89 Å². The first-order valence-electron chi connectivity index (χ1n) is 9.31. The fraction of sp³-hybridized carbons (Fsp3) is 0.190. The van der Waals surface area contributed by atoms with Crippen molar-refractivity contribution in [2.45, 2.75) is 13.8 Å². The van der Waals surface area contributed by atoms with Crippen molar-refractivity contribution < 1.29 is 14.3 Å². The highest BCUT2D eigenvalue weighted by Gasteiger charge is 2.19. The number of carbonyl (C=O) groups is 1. The van der Waals surface area contributed by atoms with Crippen LogP contribution in [0.3, 0.4) is 0 Å². The maximum atomic E-state index is 12.5. The first-order chi connectivity index (χ1) is 14.1. The summed E-state index contributed by atoms with van der Waals surface area (Å²) in [4.78, 5) is 20.3. The first kappa shape index (κ1) is 17.3. The molecule has 8 nitrogen and oxygen atoms in total. The van der Waals surface area contributed by atoms with E-state index in [9.17, 15) is 4.79 Å². The topological polar surface area (TPSA) is 105 Å². The Morgan fingerprint density at radius 2 is 2.03 bits per heavy atom. The summed E-state index contributed by atoms with van der Waals surface area (Å²) in [6.45, 7) is 4.80. The Kier molecular flexibility index (Phi) is 3.97. The maximum absolute atomic E-state index is 12.5. The Hall–Kier alpha value is -3.81. The number of anilines is 1. The molecular weight excluding hydrogens is 370 g/mol. The Bertz CT molecular complexity index is 1240. The predicted molar refractivity (Wildman–Crippen MR) is 109 cm³/mol. The fourth-order valence-corrected chi connectivity index (χ4v) is 3.41. The number of amides is 1. The van der Waals surface area contributed by atoms with Crippen molar-refractivity contribution in [1.82, 2.24) is 20.2 Å². The second-order valence-corrected chi connectivity index (χ2v) is 6.95. The summed E-state index contributed by atoms with van der Waals surface area (Å²) in [6, 6.07) is 9.66. The van der Waals surface area contributed by atoms with Crippen molar-refractivity contribution >= 4 is 22.6 Å². The van der Waals surface area contributed by atoms with Gasteiger partial charge in [-0.1, -0.05) is 6.07 Å². The van der Waals surface area contributed by atoms with Gasteiger partial charge in [-0.15, -0.1) is 0 Å². The van der Waals surface area contributed by atoms with Gasteiger partial charge < -0.3 is 19.8 Å². The molecule has 1 aromatic carbocycles. The molecule has 0 saturated heterocycles. The van der Waals surface area contributed by atoms with Crippen LogP contribution in [0.25, 0.3) is 22.3 Å². The van der Waals surface area contributed by atoms with Gasteiger partial charge in [0, 0.05) is 22.2 Å². The van der Waals surface area contributed by atoms with Gasteiger partial charge in [0.15, 0.2) is 17.2 Å². The van der Waals surface area contributed by atoms with Gasteiger partial charge in [-0.25, -0.2) is 4.98 Å². The highest BCUT2D eigenvalue weighted by Crippen LogP contribution is 2.40. The lowest BCUT2D eigenvalue weighted by Crippen LogP contribution is -2.15. The molecule has 0 fully saturated rings. The number of aromatic nitrogens is 4. The molecule has 4 heterocycles. The van der Waals surface area contributed by atoms with E-state index in [1.807, 2.05) is 44.2 Å². The number of carbonyl (C=O) groups excluding carboxylic acids is 1. The molecule has 29 heavy (non-hydrogen) atoms. The summed E-state index contributed by atoms with van der Waals surface area (Å²) in [5.41, 5.74) is 5.19. The average molecular weight is 389 g/mol. The van der Waals surface area contributed by atoms with E-state index in [0.717, 1.165) is 45.0 Å². The lowest BCUT2D eigenvalue weighted by atomic mass is 10.1. The monoisotopic (exact) mass is 389 g/mol. The van der Waals surface area contributed by atoms with Gasteiger partial charge in [0.2, 0.25) is 0 Å². The van der Waals surface area contributed by atoms with Crippen molar-refractivity contribution in [2.24, 2.45) is 0 Å². The Labute approximate surface area is 166 Å². The highest BCUT2D eigenvalue weighted by atomic mass is 16.6. The van der Waals surface area contributed by atoms with E-state index >= 15 is 0 Å². The van der Waals surface area contributed by atoms with E-state index < -0.39 is 0 Å². The maximum Gasteiger partial charge on any atom is 0.276 e. The quantitative estimate of drug-likeness (QED) is 0.497. The Balaban J connectivity index is 1.47. The third-order valence-corrected chi connectivity index (χ3v) is 5.05. The average Bonchev–Trinajstić information content (AvgIpc) is 3.30. The zero-order valence-corrected chi connectivity index (χ0v) is 16.0. The smallest absolute Gasteiger partial charge is 0.276 e. The van der Waals surface area contributed by atoms with E-state index in [1.165, 1.54) is 0 Å². The number of para-hydroxylation sites is 1. The minimum Gasteiger partial charge on any atom is -0.486 e. The molecule has 0 aliphatic carbocycles. The molecule has 1 aliphatic heterocycles. The number of pyridine rings is 1.